The Balaban J connectivity index is 0.00000196. The molecule has 2 nitrogen and oxygen atoms in total. The van der Waals surface area contributed by atoms with Crippen molar-refractivity contribution < 1.29 is 28.7 Å². The van der Waals surface area contributed by atoms with Crippen LogP contribution in [0.3, 0.4) is 0 Å². The molecule has 82 valence electrons. The standard InChI is InChI=1S/C12H21O2.Li/c1-3-5-8-12(13)9-6-7-11(10-12)14-4-2;/h10H,3-9H2,1-2H3;/q-1;+1. The first-order valence-electron chi connectivity index (χ1n) is 5.75. The molecule has 0 amide bonds. The van der Waals surface area contributed by atoms with E-state index in [0.29, 0.717) is 6.61 Å². The summed E-state index contributed by atoms with van der Waals surface area (Å²) in [5.41, 5.74) is -0.835. The van der Waals surface area contributed by atoms with E-state index in [-0.39, 0.29) is 18.9 Å². The van der Waals surface area contributed by atoms with Gasteiger partial charge in [0, 0.05) is 6.42 Å². The van der Waals surface area contributed by atoms with Crippen LogP contribution in [0.2, 0.25) is 0 Å². The fraction of sp³-hybridized carbons (Fsp3) is 0.833. The van der Waals surface area contributed by atoms with Crippen LogP contribution in [0.15, 0.2) is 11.8 Å². The van der Waals surface area contributed by atoms with E-state index in [1.807, 2.05) is 13.0 Å². The predicted octanol–water partition coefficient (Wildman–Crippen LogP) is -0.616. The minimum Gasteiger partial charge on any atom is -0.846 e. The Morgan fingerprint density at radius 2 is 2.20 bits per heavy atom. The van der Waals surface area contributed by atoms with Crippen LogP contribution < -0.4 is 24.0 Å². The maximum Gasteiger partial charge on any atom is 1.00 e. The first kappa shape index (κ1) is 15.1. The van der Waals surface area contributed by atoms with Crippen molar-refractivity contribution in [2.45, 2.75) is 58.0 Å². The van der Waals surface area contributed by atoms with Crippen molar-refractivity contribution in [1.82, 2.24) is 0 Å². The second kappa shape index (κ2) is 7.38. The maximum atomic E-state index is 12.2. The summed E-state index contributed by atoms with van der Waals surface area (Å²) >= 11 is 0. The summed E-state index contributed by atoms with van der Waals surface area (Å²) < 4.78 is 5.42. The molecule has 0 spiro atoms. The van der Waals surface area contributed by atoms with Crippen LogP contribution in [0, 0.1) is 0 Å². The molecule has 0 aromatic carbocycles. The van der Waals surface area contributed by atoms with E-state index in [1.165, 1.54) is 0 Å². The largest absolute Gasteiger partial charge is 1.00 e. The summed E-state index contributed by atoms with van der Waals surface area (Å²) in [6.07, 6.45) is 7.43. The van der Waals surface area contributed by atoms with E-state index in [1.54, 1.807) is 0 Å². The molecule has 1 aliphatic rings. The summed E-state index contributed by atoms with van der Waals surface area (Å²) in [6, 6.07) is 0. The van der Waals surface area contributed by atoms with E-state index >= 15 is 0 Å². The Kier molecular flexibility index (Phi) is 7.43. The quantitative estimate of drug-likeness (QED) is 0.559. The third kappa shape index (κ3) is 5.11. The van der Waals surface area contributed by atoms with Crippen molar-refractivity contribution in [3.63, 3.8) is 0 Å². The molecule has 0 heterocycles. The van der Waals surface area contributed by atoms with E-state index in [9.17, 15) is 5.11 Å². The zero-order valence-corrected chi connectivity index (χ0v) is 10.3. The number of allylic oxidation sites excluding steroid dienone is 1. The molecule has 1 unspecified atom stereocenters. The molecule has 0 saturated carbocycles. The number of hydrogen-bond donors (Lipinski definition) is 0. The molecule has 0 aliphatic heterocycles. The topological polar surface area (TPSA) is 32.3 Å². The molecule has 1 rings (SSSR count). The van der Waals surface area contributed by atoms with E-state index in [2.05, 4.69) is 6.92 Å². The summed E-state index contributed by atoms with van der Waals surface area (Å²) in [5, 5.41) is 12.2. The van der Waals surface area contributed by atoms with Gasteiger partial charge in [-0.1, -0.05) is 44.3 Å². The minimum atomic E-state index is -0.835. The molecule has 1 atom stereocenters. The Labute approximate surface area is 105 Å². The zero-order chi connectivity index (χ0) is 10.4. The fourth-order valence-corrected chi connectivity index (χ4v) is 1.97. The second-order valence-corrected chi connectivity index (χ2v) is 4.07. The number of rotatable bonds is 5. The number of ether oxygens (including phenoxy) is 1. The van der Waals surface area contributed by atoms with Gasteiger partial charge in [0.05, 0.1) is 12.4 Å². The summed E-state index contributed by atoms with van der Waals surface area (Å²) in [5.74, 6) is 0.921. The van der Waals surface area contributed by atoms with Crippen LogP contribution in [-0.2, 0) is 4.74 Å². The summed E-state index contributed by atoms with van der Waals surface area (Å²) in [6.45, 7) is 4.77. The van der Waals surface area contributed by atoms with Crippen molar-refractivity contribution in [2.24, 2.45) is 0 Å². The number of unbranched alkanes of at least 4 members (excludes halogenated alkanes) is 1. The molecule has 0 aromatic heterocycles. The van der Waals surface area contributed by atoms with Gasteiger partial charge in [0.15, 0.2) is 0 Å². The van der Waals surface area contributed by atoms with Gasteiger partial charge < -0.3 is 9.84 Å². The predicted molar refractivity (Wildman–Crippen MR) is 55.8 cm³/mol. The van der Waals surface area contributed by atoms with Crippen molar-refractivity contribution in [2.75, 3.05) is 6.61 Å². The van der Waals surface area contributed by atoms with Crippen LogP contribution in [0.1, 0.15) is 52.4 Å². The molecule has 0 radical (unpaired) electrons. The first-order valence-corrected chi connectivity index (χ1v) is 5.75. The van der Waals surface area contributed by atoms with Crippen LogP contribution in [0.5, 0.6) is 0 Å². The van der Waals surface area contributed by atoms with Crippen molar-refractivity contribution in [3.8, 4) is 0 Å². The maximum absolute atomic E-state index is 12.2. The monoisotopic (exact) mass is 204 g/mol. The van der Waals surface area contributed by atoms with Crippen molar-refractivity contribution in [1.29, 1.82) is 0 Å². The van der Waals surface area contributed by atoms with E-state index in [0.717, 1.165) is 44.3 Å². The van der Waals surface area contributed by atoms with Gasteiger partial charge in [-0.25, -0.2) is 0 Å². The van der Waals surface area contributed by atoms with Gasteiger partial charge in [-0.15, -0.1) is 0 Å². The van der Waals surface area contributed by atoms with Crippen molar-refractivity contribution >= 4 is 0 Å². The van der Waals surface area contributed by atoms with Gasteiger partial charge >= 0.3 is 18.9 Å². The average molecular weight is 204 g/mol. The van der Waals surface area contributed by atoms with E-state index < -0.39 is 5.60 Å². The molecular formula is C12H21LiO2. The van der Waals surface area contributed by atoms with Gasteiger partial charge in [0.25, 0.3) is 0 Å². The average Bonchev–Trinajstić information content (AvgIpc) is 2.16. The molecule has 0 aromatic rings. The molecule has 0 fully saturated rings. The minimum absolute atomic E-state index is 0. The third-order valence-corrected chi connectivity index (χ3v) is 2.73. The van der Waals surface area contributed by atoms with Gasteiger partial charge in [0.1, 0.15) is 0 Å². The molecule has 3 heteroatoms. The third-order valence-electron chi connectivity index (χ3n) is 2.73. The van der Waals surface area contributed by atoms with Gasteiger partial charge in [-0.2, -0.15) is 0 Å². The Hall–Kier alpha value is 0.0974. The van der Waals surface area contributed by atoms with Crippen LogP contribution in [0.25, 0.3) is 0 Å². The van der Waals surface area contributed by atoms with E-state index in [4.69, 9.17) is 4.74 Å². The second-order valence-electron chi connectivity index (χ2n) is 4.07. The fourth-order valence-electron chi connectivity index (χ4n) is 1.97. The van der Waals surface area contributed by atoms with Crippen LogP contribution >= 0.6 is 0 Å². The van der Waals surface area contributed by atoms with Gasteiger partial charge in [0.2, 0.25) is 0 Å². The SMILES string of the molecule is CCCCC1([O-])C=C(OCC)CCC1.[Li+]. The molecule has 0 N–H and O–H groups in total. The Bertz CT molecular complexity index is 204. The normalized spacial score (nSPS) is 25.4. The molecule has 15 heavy (non-hydrogen) atoms. The zero-order valence-electron chi connectivity index (χ0n) is 10.3. The molecular weight excluding hydrogens is 183 g/mol. The molecule has 0 saturated heterocycles. The summed E-state index contributed by atoms with van der Waals surface area (Å²) in [4.78, 5) is 0. The van der Waals surface area contributed by atoms with Crippen LogP contribution in [0.4, 0.5) is 0 Å². The Morgan fingerprint density at radius 3 is 2.80 bits per heavy atom. The number of hydrogen-bond acceptors (Lipinski definition) is 2. The Morgan fingerprint density at radius 1 is 1.47 bits per heavy atom. The smallest absolute Gasteiger partial charge is 0.846 e. The molecule has 0 bridgehead atoms. The molecule has 1 aliphatic carbocycles. The van der Waals surface area contributed by atoms with Crippen LogP contribution in [-0.4, -0.2) is 12.2 Å². The summed E-state index contributed by atoms with van der Waals surface area (Å²) in [7, 11) is 0. The van der Waals surface area contributed by atoms with Crippen molar-refractivity contribution in [3.05, 3.63) is 11.8 Å². The van der Waals surface area contributed by atoms with Gasteiger partial charge in [-0.05, 0) is 13.3 Å². The van der Waals surface area contributed by atoms with Gasteiger partial charge in [-0.3, -0.25) is 0 Å². The first-order chi connectivity index (χ1) is 6.70.